The fourth-order valence-corrected chi connectivity index (χ4v) is 2.66. The molecule has 2 N–H and O–H groups in total. The van der Waals surface area contributed by atoms with Crippen molar-refractivity contribution in [2.45, 2.75) is 6.54 Å². The van der Waals surface area contributed by atoms with Crippen molar-refractivity contribution in [2.75, 3.05) is 0 Å². The number of pyridine rings is 1. The number of para-hydroxylation sites is 1. The number of fused-ring (bicyclic) bond motifs is 1. The highest BCUT2D eigenvalue weighted by Crippen LogP contribution is 2.30. The predicted molar refractivity (Wildman–Crippen MR) is 79.1 cm³/mol. The summed E-state index contributed by atoms with van der Waals surface area (Å²) in [6.07, 6.45) is 1.79. The van der Waals surface area contributed by atoms with Crippen molar-refractivity contribution in [3.8, 4) is 11.4 Å². The number of nitrogens with zero attached hydrogens (tertiary/aromatic N) is 2. The number of rotatable bonds is 2. The van der Waals surface area contributed by atoms with Gasteiger partial charge in [-0.1, -0.05) is 23.7 Å². The fraction of sp³-hybridized carbons (Fsp3) is 0.133. The average Bonchev–Trinajstić information content (AvgIpc) is 2.77. The van der Waals surface area contributed by atoms with Crippen molar-refractivity contribution >= 4 is 22.5 Å². The summed E-state index contributed by atoms with van der Waals surface area (Å²) in [4.78, 5) is 4.42. The third-order valence-electron chi connectivity index (χ3n) is 3.33. The fourth-order valence-electron chi connectivity index (χ4n) is 2.35. The molecule has 0 saturated carbocycles. The zero-order chi connectivity index (χ0) is 13.4. The summed E-state index contributed by atoms with van der Waals surface area (Å²) in [7, 11) is 2.00. The zero-order valence-electron chi connectivity index (χ0n) is 10.6. The standard InChI is InChI=1S/C15H14ClN3/c1-19-14(13-7-10(9-17)5-6-18-13)8-11-3-2-4-12(16)15(11)19/h2-8H,9,17H2,1H3. The second-order valence-electron chi connectivity index (χ2n) is 4.52. The molecule has 3 rings (SSSR count). The highest BCUT2D eigenvalue weighted by molar-refractivity contribution is 6.35. The Bertz CT molecular complexity index is 746. The monoisotopic (exact) mass is 271 g/mol. The lowest BCUT2D eigenvalue weighted by atomic mass is 10.2. The molecule has 2 aromatic heterocycles. The van der Waals surface area contributed by atoms with Gasteiger partial charge in [0.15, 0.2) is 0 Å². The molecule has 96 valence electrons. The topological polar surface area (TPSA) is 43.8 Å². The van der Waals surface area contributed by atoms with Gasteiger partial charge in [0.2, 0.25) is 0 Å². The molecular formula is C15H14ClN3. The molecule has 0 saturated heterocycles. The molecule has 0 aliphatic heterocycles. The molecule has 0 spiro atoms. The Morgan fingerprint density at radius 3 is 2.84 bits per heavy atom. The van der Waals surface area contributed by atoms with Gasteiger partial charge in [-0.3, -0.25) is 4.98 Å². The van der Waals surface area contributed by atoms with E-state index in [1.165, 1.54) is 0 Å². The van der Waals surface area contributed by atoms with Gasteiger partial charge in [-0.05, 0) is 29.8 Å². The molecule has 0 amide bonds. The van der Waals surface area contributed by atoms with Gasteiger partial charge in [-0.15, -0.1) is 0 Å². The van der Waals surface area contributed by atoms with E-state index in [2.05, 4.69) is 21.7 Å². The van der Waals surface area contributed by atoms with Gasteiger partial charge in [0, 0.05) is 25.2 Å². The molecule has 4 heteroatoms. The van der Waals surface area contributed by atoms with E-state index < -0.39 is 0 Å². The second-order valence-corrected chi connectivity index (χ2v) is 4.93. The Balaban J connectivity index is 2.25. The van der Waals surface area contributed by atoms with Crippen molar-refractivity contribution in [3.05, 3.63) is 53.2 Å². The molecule has 3 aromatic rings. The van der Waals surface area contributed by atoms with E-state index in [9.17, 15) is 0 Å². The van der Waals surface area contributed by atoms with Crippen molar-refractivity contribution in [1.82, 2.24) is 9.55 Å². The number of benzene rings is 1. The highest BCUT2D eigenvalue weighted by atomic mass is 35.5. The van der Waals surface area contributed by atoms with Crippen LogP contribution in [0.2, 0.25) is 5.02 Å². The Morgan fingerprint density at radius 1 is 1.26 bits per heavy atom. The molecule has 2 heterocycles. The van der Waals surface area contributed by atoms with Crippen molar-refractivity contribution in [1.29, 1.82) is 0 Å². The van der Waals surface area contributed by atoms with E-state index >= 15 is 0 Å². The van der Waals surface area contributed by atoms with Crippen molar-refractivity contribution in [2.24, 2.45) is 12.8 Å². The summed E-state index contributed by atoms with van der Waals surface area (Å²) in [6, 6.07) is 12.0. The molecule has 0 aliphatic rings. The van der Waals surface area contributed by atoms with Crippen LogP contribution in [0.4, 0.5) is 0 Å². The van der Waals surface area contributed by atoms with Crippen molar-refractivity contribution in [3.63, 3.8) is 0 Å². The van der Waals surface area contributed by atoms with Gasteiger partial charge in [0.05, 0.1) is 21.9 Å². The van der Waals surface area contributed by atoms with E-state index in [0.29, 0.717) is 6.54 Å². The first-order valence-corrected chi connectivity index (χ1v) is 6.48. The minimum absolute atomic E-state index is 0.514. The van der Waals surface area contributed by atoms with Gasteiger partial charge in [-0.2, -0.15) is 0 Å². The molecule has 3 nitrogen and oxygen atoms in total. The van der Waals surface area contributed by atoms with Crippen LogP contribution in [0.15, 0.2) is 42.6 Å². The van der Waals surface area contributed by atoms with Crippen LogP contribution in [-0.4, -0.2) is 9.55 Å². The summed E-state index contributed by atoms with van der Waals surface area (Å²) >= 11 is 6.26. The zero-order valence-corrected chi connectivity index (χ0v) is 11.4. The molecular weight excluding hydrogens is 258 g/mol. The van der Waals surface area contributed by atoms with E-state index in [1.807, 2.05) is 31.3 Å². The lowest BCUT2D eigenvalue weighted by Crippen LogP contribution is -1.99. The number of hydrogen-bond acceptors (Lipinski definition) is 2. The van der Waals surface area contributed by atoms with E-state index in [-0.39, 0.29) is 0 Å². The third kappa shape index (κ3) is 2.01. The van der Waals surface area contributed by atoms with E-state index in [4.69, 9.17) is 17.3 Å². The molecule has 0 bridgehead atoms. The van der Waals surface area contributed by atoms with Crippen LogP contribution >= 0.6 is 11.6 Å². The number of aromatic nitrogens is 2. The van der Waals surface area contributed by atoms with Gasteiger partial charge >= 0.3 is 0 Å². The second kappa shape index (κ2) is 4.68. The molecule has 0 aliphatic carbocycles. The summed E-state index contributed by atoms with van der Waals surface area (Å²) < 4.78 is 2.07. The minimum atomic E-state index is 0.514. The maximum Gasteiger partial charge on any atom is 0.0869 e. The molecule has 0 fully saturated rings. The average molecular weight is 272 g/mol. The van der Waals surface area contributed by atoms with Crippen LogP contribution in [0, 0.1) is 0 Å². The Hall–Kier alpha value is -1.84. The van der Waals surface area contributed by atoms with E-state index in [0.717, 1.165) is 32.9 Å². The Kier molecular flexibility index (Phi) is 3.01. The highest BCUT2D eigenvalue weighted by Gasteiger charge is 2.11. The first kappa shape index (κ1) is 12.2. The van der Waals surface area contributed by atoms with Crippen LogP contribution in [0.25, 0.3) is 22.3 Å². The van der Waals surface area contributed by atoms with Crippen LogP contribution < -0.4 is 5.73 Å². The normalized spacial score (nSPS) is 11.1. The Labute approximate surface area is 116 Å². The van der Waals surface area contributed by atoms with Crippen LogP contribution in [0.3, 0.4) is 0 Å². The molecule has 19 heavy (non-hydrogen) atoms. The van der Waals surface area contributed by atoms with Crippen LogP contribution in [0.1, 0.15) is 5.56 Å². The number of nitrogens with two attached hydrogens (primary N) is 1. The predicted octanol–water partition coefficient (Wildman–Crippen LogP) is 3.35. The smallest absolute Gasteiger partial charge is 0.0869 e. The maximum absolute atomic E-state index is 6.26. The third-order valence-corrected chi connectivity index (χ3v) is 3.63. The van der Waals surface area contributed by atoms with Gasteiger partial charge in [-0.25, -0.2) is 0 Å². The van der Waals surface area contributed by atoms with Crippen LogP contribution in [0.5, 0.6) is 0 Å². The van der Waals surface area contributed by atoms with Crippen LogP contribution in [-0.2, 0) is 13.6 Å². The first-order valence-electron chi connectivity index (χ1n) is 6.10. The lowest BCUT2D eigenvalue weighted by Gasteiger charge is -2.06. The summed E-state index contributed by atoms with van der Waals surface area (Å²) in [5.41, 5.74) is 9.73. The molecule has 0 atom stereocenters. The Morgan fingerprint density at radius 2 is 2.11 bits per heavy atom. The largest absolute Gasteiger partial charge is 0.341 e. The van der Waals surface area contributed by atoms with Gasteiger partial charge in [0.25, 0.3) is 0 Å². The minimum Gasteiger partial charge on any atom is -0.341 e. The molecule has 0 radical (unpaired) electrons. The maximum atomic E-state index is 6.26. The summed E-state index contributed by atoms with van der Waals surface area (Å²) in [5.74, 6) is 0. The summed E-state index contributed by atoms with van der Waals surface area (Å²) in [6.45, 7) is 0.514. The number of hydrogen-bond donors (Lipinski definition) is 1. The summed E-state index contributed by atoms with van der Waals surface area (Å²) in [5, 5.41) is 1.87. The SMILES string of the molecule is Cn1c(-c2cc(CN)ccn2)cc2cccc(Cl)c21. The quantitative estimate of drug-likeness (QED) is 0.777. The number of halogens is 1. The van der Waals surface area contributed by atoms with Gasteiger partial charge in [0.1, 0.15) is 0 Å². The van der Waals surface area contributed by atoms with Crippen molar-refractivity contribution < 1.29 is 0 Å². The lowest BCUT2D eigenvalue weighted by molar-refractivity contribution is 0.966. The molecule has 0 unspecified atom stereocenters. The van der Waals surface area contributed by atoms with Gasteiger partial charge < -0.3 is 10.3 Å². The molecule has 1 aromatic carbocycles. The van der Waals surface area contributed by atoms with E-state index in [1.54, 1.807) is 6.20 Å². The first-order chi connectivity index (χ1) is 9.20. The number of aryl methyl sites for hydroxylation is 1.